The minimum atomic E-state index is -0.631. The highest BCUT2D eigenvalue weighted by molar-refractivity contribution is 9.10. The summed E-state index contributed by atoms with van der Waals surface area (Å²) in [5.41, 5.74) is 0.373. The van der Waals surface area contributed by atoms with Crippen LogP contribution in [0.5, 0.6) is 0 Å². The van der Waals surface area contributed by atoms with E-state index in [9.17, 15) is 8.78 Å². The summed E-state index contributed by atoms with van der Waals surface area (Å²) in [6, 6.07) is 2.03. The molecule has 0 aliphatic rings. The van der Waals surface area contributed by atoms with Crippen molar-refractivity contribution in [1.82, 2.24) is 0 Å². The van der Waals surface area contributed by atoms with Gasteiger partial charge in [-0.1, -0.05) is 0 Å². The third-order valence-electron chi connectivity index (χ3n) is 1.58. The summed E-state index contributed by atoms with van der Waals surface area (Å²) in [6.45, 7) is 0.484. The van der Waals surface area contributed by atoms with Crippen molar-refractivity contribution in [2.45, 2.75) is 6.42 Å². The Labute approximate surface area is 89.6 Å². The van der Waals surface area contributed by atoms with Crippen LogP contribution in [0.15, 0.2) is 16.6 Å². The minimum absolute atomic E-state index is 0.218. The average molecular weight is 260 g/mol. The molecule has 0 radical (unpaired) electrons. The largest absolute Gasteiger partial charge is 0.383 e. The van der Waals surface area contributed by atoms with E-state index in [-0.39, 0.29) is 4.47 Å². The number of rotatable bonds is 3. The Bertz CT molecular complexity index is 371. The van der Waals surface area contributed by atoms with Crippen LogP contribution < -0.4 is 5.32 Å². The van der Waals surface area contributed by atoms with Gasteiger partial charge in [0, 0.05) is 19.0 Å². The molecule has 1 rings (SSSR count). The lowest BCUT2D eigenvalue weighted by atomic mass is 10.3. The molecule has 1 aromatic carbocycles. The fraction of sp³-hybridized carbons (Fsp3) is 0.200. The summed E-state index contributed by atoms with van der Waals surface area (Å²) < 4.78 is 26.0. The Hall–Kier alpha value is -1.08. The third kappa shape index (κ3) is 2.71. The molecular formula is C10H8BrF2N. The van der Waals surface area contributed by atoms with Crippen molar-refractivity contribution >= 4 is 21.6 Å². The number of hydrogen-bond donors (Lipinski definition) is 1. The van der Waals surface area contributed by atoms with Crippen molar-refractivity contribution in [2.24, 2.45) is 0 Å². The van der Waals surface area contributed by atoms with Crippen molar-refractivity contribution in [3.63, 3.8) is 0 Å². The summed E-state index contributed by atoms with van der Waals surface area (Å²) >= 11 is 3.01. The van der Waals surface area contributed by atoms with Crippen LogP contribution in [0.1, 0.15) is 6.42 Å². The summed E-state index contributed by atoms with van der Waals surface area (Å²) in [6.07, 6.45) is 5.55. The SMILES string of the molecule is C#CCCNc1cc(F)cc(F)c1Br. The lowest BCUT2D eigenvalue weighted by Gasteiger charge is -2.07. The first-order chi connectivity index (χ1) is 6.65. The Morgan fingerprint density at radius 2 is 2.14 bits per heavy atom. The zero-order chi connectivity index (χ0) is 10.6. The van der Waals surface area contributed by atoms with E-state index >= 15 is 0 Å². The molecule has 0 bridgehead atoms. The molecular weight excluding hydrogens is 252 g/mol. The van der Waals surface area contributed by atoms with Crippen molar-refractivity contribution in [3.05, 3.63) is 28.2 Å². The molecule has 0 saturated carbocycles. The number of hydrogen-bond acceptors (Lipinski definition) is 1. The van der Waals surface area contributed by atoms with Crippen LogP contribution in [-0.4, -0.2) is 6.54 Å². The Morgan fingerprint density at radius 1 is 1.43 bits per heavy atom. The van der Waals surface area contributed by atoms with Crippen LogP contribution in [-0.2, 0) is 0 Å². The quantitative estimate of drug-likeness (QED) is 0.500. The summed E-state index contributed by atoms with van der Waals surface area (Å²) in [5.74, 6) is 1.17. The first kappa shape index (κ1) is 11.0. The predicted molar refractivity (Wildman–Crippen MR) is 56.0 cm³/mol. The van der Waals surface area contributed by atoms with Gasteiger partial charge in [-0.3, -0.25) is 0 Å². The molecule has 0 amide bonds. The van der Waals surface area contributed by atoms with Gasteiger partial charge in [0.2, 0.25) is 0 Å². The molecule has 0 spiro atoms. The number of halogens is 3. The highest BCUT2D eigenvalue weighted by Crippen LogP contribution is 2.26. The lowest BCUT2D eigenvalue weighted by molar-refractivity contribution is 0.580. The van der Waals surface area contributed by atoms with E-state index in [1.54, 1.807) is 0 Å². The van der Waals surface area contributed by atoms with E-state index in [0.29, 0.717) is 18.7 Å². The predicted octanol–water partition coefficient (Wildman–Crippen LogP) is 3.16. The Balaban J connectivity index is 2.81. The summed E-state index contributed by atoms with van der Waals surface area (Å²) in [5, 5.41) is 2.83. The van der Waals surface area contributed by atoms with E-state index in [1.807, 2.05) is 0 Å². The van der Waals surface area contributed by atoms with Gasteiger partial charge in [-0.15, -0.1) is 12.3 Å². The molecule has 0 heterocycles. The van der Waals surface area contributed by atoms with Gasteiger partial charge < -0.3 is 5.32 Å². The smallest absolute Gasteiger partial charge is 0.142 e. The molecule has 0 atom stereocenters. The van der Waals surface area contributed by atoms with Crippen LogP contribution in [0.25, 0.3) is 0 Å². The molecule has 74 valence electrons. The summed E-state index contributed by atoms with van der Waals surface area (Å²) in [4.78, 5) is 0. The van der Waals surface area contributed by atoms with Crippen molar-refractivity contribution in [3.8, 4) is 12.3 Å². The van der Waals surface area contributed by atoms with Gasteiger partial charge in [0.1, 0.15) is 11.6 Å². The van der Waals surface area contributed by atoms with E-state index in [0.717, 1.165) is 6.07 Å². The van der Waals surface area contributed by atoms with Crippen LogP contribution >= 0.6 is 15.9 Å². The van der Waals surface area contributed by atoms with Gasteiger partial charge in [0.15, 0.2) is 0 Å². The van der Waals surface area contributed by atoms with Crippen LogP contribution in [0.3, 0.4) is 0 Å². The maximum absolute atomic E-state index is 13.0. The van der Waals surface area contributed by atoms with E-state index in [1.165, 1.54) is 6.07 Å². The number of anilines is 1. The molecule has 0 aromatic heterocycles. The molecule has 1 aromatic rings. The first-order valence-electron chi connectivity index (χ1n) is 3.97. The molecule has 0 saturated heterocycles. The first-order valence-corrected chi connectivity index (χ1v) is 4.76. The van der Waals surface area contributed by atoms with Gasteiger partial charge in [0.25, 0.3) is 0 Å². The molecule has 1 N–H and O–H groups in total. The molecule has 0 fully saturated rings. The molecule has 14 heavy (non-hydrogen) atoms. The van der Waals surface area contributed by atoms with Gasteiger partial charge >= 0.3 is 0 Å². The van der Waals surface area contributed by atoms with Crippen LogP contribution in [0, 0.1) is 24.0 Å². The average Bonchev–Trinajstić information content (AvgIpc) is 2.13. The monoisotopic (exact) mass is 259 g/mol. The van der Waals surface area contributed by atoms with E-state index in [2.05, 4.69) is 27.2 Å². The van der Waals surface area contributed by atoms with Gasteiger partial charge in [0.05, 0.1) is 10.2 Å². The number of terminal acetylenes is 1. The van der Waals surface area contributed by atoms with Gasteiger partial charge in [-0.2, -0.15) is 0 Å². The standard InChI is InChI=1S/C10H8BrF2N/c1-2-3-4-14-9-6-7(12)5-8(13)10(9)11/h1,5-6,14H,3-4H2. The second kappa shape index (κ2) is 4.97. The van der Waals surface area contributed by atoms with Crippen molar-refractivity contribution in [1.29, 1.82) is 0 Å². The summed E-state index contributed by atoms with van der Waals surface area (Å²) in [7, 11) is 0. The van der Waals surface area contributed by atoms with Crippen LogP contribution in [0.2, 0.25) is 0 Å². The Morgan fingerprint density at radius 3 is 2.79 bits per heavy atom. The Kier molecular flexibility index (Phi) is 3.90. The molecule has 1 nitrogen and oxygen atoms in total. The normalized spacial score (nSPS) is 9.57. The van der Waals surface area contributed by atoms with Crippen LogP contribution in [0.4, 0.5) is 14.5 Å². The topological polar surface area (TPSA) is 12.0 Å². The molecule has 0 aliphatic heterocycles. The van der Waals surface area contributed by atoms with Crippen molar-refractivity contribution in [2.75, 3.05) is 11.9 Å². The second-order valence-corrected chi connectivity index (χ2v) is 3.42. The zero-order valence-electron chi connectivity index (χ0n) is 7.28. The van der Waals surface area contributed by atoms with E-state index < -0.39 is 11.6 Å². The number of benzene rings is 1. The molecule has 4 heteroatoms. The zero-order valence-corrected chi connectivity index (χ0v) is 8.87. The minimum Gasteiger partial charge on any atom is -0.383 e. The fourth-order valence-corrected chi connectivity index (χ4v) is 1.32. The van der Waals surface area contributed by atoms with Crippen molar-refractivity contribution < 1.29 is 8.78 Å². The highest BCUT2D eigenvalue weighted by atomic mass is 79.9. The molecule has 0 unspecified atom stereocenters. The van der Waals surface area contributed by atoms with Gasteiger partial charge in [-0.25, -0.2) is 8.78 Å². The van der Waals surface area contributed by atoms with Gasteiger partial charge in [-0.05, 0) is 22.0 Å². The number of nitrogens with one attached hydrogen (secondary N) is 1. The maximum atomic E-state index is 13.0. The molecule has 0 aliphatic carbocycles. The lowest BCUT2D eigenvalue weighted by Crippen LogP contribution is -2.02. The third-order valence-corrected chi connectivity index (χ3v) is 2.38. The highest BCUT2D eigenvalue weighted by Gasteiger charge is 2.07. The maximum Gasteiger partial charge on any atom is 0.142 e. The fourth-order valence-electron chi connectivity index (χ4n) is 0.954. The second-order valence-electron chi connectivity index (χ2n) is 2.63. The van der Waals surface area contributed by atoms with E-state index in [4.69, 9.17) is 6.42 Å².